The highest BCUT2D eigenvalue weighted by Gasteiger charge is 2.22. The zero-order valence-corrected chi connectivity index (χ0v) is 10.6. The summed E-state index contributed by atoms with van der Waals surface area (Å²) in [6.45, 7) is 8.14. The molecule has 0 bridgehead atoms. The van der Waals surface area contributed by atoms with E-state index in [0.717, 1.165) is 0 Å². The van der Waals surface area contributed by atoms with Gasteiger partial charge in [-0.25, -0.2) is 5.84 Å². The maximum Gasteiger partial charge on any atom is 0.272 e. The number of amides is 1. The third-order valence-corrected chi connectivity index (χ3v) is 2.69. The minimum absolute atomic E-state index is 0.00183. The topological polar surface area (TPSA) is 92.9 Å². The van der Waals surface area contributed by atoms with E-state index in [2.05, 4.69) is 41.7 Å². The molecule has 6 nitrogen and oxygen atoms in total. The van der Waals surface area contributed by atoms with Crippen molar-refractivity contribution in [3.63, 3.8) is 0 Å². The molecule has 17 heavy (non-hydrogen) atoms. The maximum atomic E-state index is 11.8. The predicted molar refractivity (Wildman–Crippen MR) is 66.2 cm³/mol. The first-order valence-corrected chi connectivity index (χ1v) is 5.46. The van der Waals surface area contributed by atoms with E-state index >= 15 is 0 Å². The van der Waals surface area contributed by atoms with E-state index in [1.54, 1.807) is 12.1 Å². The van der Waals surface area contributed by atoms with Crippen LogP contribution in [0.25, 0.3) is 0 Å². The first kappa shape index (κ1) is 13.4. The molecule has 0 radical (unpaired) electrons. The second-order valence-corrected chi connectivity index (χ2v) is 5.01. The minimum Gasteiger partial charge on any atom is -0.348 e. The van der Waals surface area contributed by atoms with Crippen LogP contribution in [-0.4, -0.2) is 22.1 Å². The molecule has 0 spiro atoms. The van der Waals surface area contributed by atoms with Gasteiger partial charge in [0, 0.05) is 6.04 Å². The average Bonchev–Trinajstić information content (AvgIpc) is 2.27. The van der Waals surface area contributed by atoms with Gasteiger partial charge in [0.1, 0.15) is 0 Å². The molecule has 0 aliphatic rings. The normalized spacial score (nSPS) is 13.0. The number of carbonyl (C=O) groups excluding carboxylic acids is 1. The Kier molecular flexibility index (Phi) is 4.01. The van der Waals surface area contributed by atoms with Crippen molar-refractivity contribution in [1.29, 1.82) is 0 Å². The van der Waals surface area contributed by atoms with Crippen LogP contribution in [0.15, 0.2) is 12.1 Å². The van der Waals surface area contributed by atoms with Crippen LogP contribution >= 0.6 is 0 Å². The molecule has 0 saturated carbocycles. The second-order valence-electron chi connectivity index (χ2n) is 5.01. The van der Waals surface area contributed by atoms with Crippen molar-refractivity contribution in [1.82, 2.24) is 15.5 Å². The third-order valence-electron chi connectivity index (χ3n) is 2.69. The van der Waals surface area contributed by atoms with Crippen LogP contribution in [0.5, 0.6) is 0 Å². The number of carbonyl (C=O) groups is 1. The number of hydrogen-bond donors (Lipinski definition) is 3. The van der Waals surface area contributed by atoms with Crippen LogP contribution in [0.4, 0.5) is 5.82 Å². The molecule has 6 heteroatoms. The highest BCUT2D eigenvalue weighted by atomic mass is 16.2. The third kappa shape index (κ3) is 3.67. The Morgan fingerprint density at radius 1 is 1.35 bits per heavy atom. The molecule has 1 rings (SSSR count). The van der Waals surface area contributed by atoms with Crippen molar-refractivity contribution in [3.8, 4) is 0 Å². The summed E-state index contributed by atoms with van der Waals surface area (Å²) in [6, 6.07) is 3.22. The minimum atomic E-state index is -0.233. The lowest BCUT2D eigenvalue weighted by molar-refractivity contribution is 0.0904. The number of aromatic nitrogens is 2. The van der Waals surface area contributed by atoms with Gasteiger partial charge >= 0.3 is 0 Å². The van der Waals surface area contributed by atoms with E-state index in [1.807, 2.05) is 6.92 Å². The SMILES string of the molecule is CC(NC(=O)c1ccc(NN)nn1)C(C)(C)C. The van der Waals surface area contributed by atoms with Crippen molar-refractivity contribution in [2.45, 2.75) is 33.7 Å². The van der Waals surface area contributed by atoms with E-state index in [4.69, 9.17) is 5.84 Å². The maximum absolute atomic E-state index is 11.8. The Balaban J connectivity index is 2.70. The van der Waals surface area contributed by atoms with Crippen molar-refractivity contribution in [2.75, 3.05) is 5.43 Å². The summed E-state index contributed by atoms with van der Waals surface area (Å²) in [5.41, 5.74) is 2.63. The number of hydrogen-bond acceptors (Lipinski definition) is 5. The molecule has 1 amide bonds. The molecule has 0 aliphatic heterocycles. The van der Waals surface area contributed by atoms with Crippen molar-refractivity contribution < 1.29 is 4.79 Å². The van der Waals surface area contributed by atoms with E-state index in [0.29, 0.717) is 5.82 Å². The van der Waals surface area contributed by atoms with Gasteiger partial charge in [-0.05, 0) is 24.5 Å². The molecule has 0 fully saturated rings. The summed E-state index contributed by atoms with van der Waals surface area (Å²) in [5, 5.41) is 10.4. The zero-order valence-electron chi connectivity index (χ0n) is 10.6. The number of nitrogens with zero attached hydrogens (tertiary/aromatic N) is 2. The fourth-order valence-electron chi connectivity index (χ4n) is 1.02. The summed E-state index contributed by atoms with van der Waals surface area (Å²) >= 11 is 0. The smallest absolute Gasteiger partial charge is 0.272 e. The lowest BCUT2D eigenvalue weighted by Gasteiger charge is -2.27. The largest absolute Gasteiger partial charge is 0.348 e. The molecular formula is C11H19N5O. The highest BCUT2D eigenvalue weighted by molar-refractivity contribution is 5.92. The fraction of sp³-hybridized carbons (Fsp3) is 0.545. The van der Waals surface area contributed by atoms with Gasteiger partial charge in [-0.3, -0.25) is 4.79 Å². The molecular weight excluding hydrogens is 218 g/mol. The van der Waals surface area contributed by atoms with Crippen LogP contribution < -0.4 is 16.6 Å². The molecule has 94 valence electrons. The van der Waals surface area contributed by atoms with Gasteiger partial charge < -0.3 is 10.7 Å². The lowest BCUT2D eigenvalue weighted by Crippen LogP contribution is -2.41. The number of anilines is 1. The highest BCUT2D eigenvalue weighted by Crippen LogP contribution is 2.18. The molecule has 1 unspecified atom stereocenters. The summed E-state index contributed by atoms with van der Waals surface area (Å²) in [6.07, 6.45) is 0. The van der Waals surface area contributed by atoms with Gasteiger partial charge in [-0.15, -0.1) is 10.2 Å². The number of nitrogens with one attached hydrogen (secondary N) is 2. The monoisotopic (exact) mass is 237 g/mol. The van der Waals surface area contributed by atoms with Gasteiger partial charge in [-0.1, -0.05) is 20.8 Å². The summed E-state index contributed by atoms with van der Waals surface area (Å²) in [7, 11) is 0. The standard InChI is InChI=1S/C11H19N5O/c1-7(11(2,3)4)13-10(17)8-5-6-9(14-12)16-15-8/h5-7H,12H2,1-4H3,(H,13,17)(H,14,16). The van der Waals surface area contributed by atoms with Crippen LogP contribution in [0.1, 0.15) is 38.2 Å². The summed E-state index contributed by atoms with van der Waals surface area (Å²) in [4.78, 5) is 11.8. The molecule has 0 aromatic carbocycles. The Morgan fingerprint density at radius 2 is 2.00 bits per heavy atom. The molecule has 0 saturated heterocycles. The molecule has 1 heterocycles. The van der Waals surface area contributed by atoms with Gasteiger partial charge in [-0.2, -0.15) is 0 Å². The molecule has 4 N–H and O–H groups in total. The van der Waals surface area contributed by atoms with Crippen molar-refractivity contribution in [3.05, 3.63) is 17.8 Å². The van der Waals surface area contributed by atoms with Crippen molar-refractivity contribution in [2.24, 2.45) is 11.3 Å². The molecule has 1 atom stereocenters. The average molecular weight is 237 g/mol. The first-order valence-electron chi connectivity index (χ1n) is 5.46. The quantitative estimate of drug-likeness (QED) is 0.537. The molecule has 1 aromatic rings. The van der Waals surface area contributed by atoms with Gasteiger partial charge in [0.25, 0.3) is 5.91 Å². The Morgan fingerprint density at radius 3 is 2.41 bits per heavy atom. The second kappa shape index (κ2) is 5.09. The van der Waals surface area contributed by atoms with E-state index in [1.165, 1.54) is 0 Å². The van der Waals surface area contributed by atoms with Gasteiger partial charge in [0.05, 0.1) is 0 Å². The van der Waals surface area contributed by atoms with Gasteiger partial charge in [0.15, 0.2) is 11.5 Å². The number of hydrazine groups is 1. The number of nitrogens with two attached hydrogens (primary N) is 1. The first-order chi connectivity index (χ1) is 7.84. The van der Waals surface area contributed by atoms with E-state index in [-0.39, 0.29) is 23.1 Å². The van der Waals surface area contributed by atoms with Crippen LogP contribution in [0.2, 0.25) is 0 Å². The predicted octanol–water partition coefficient (Wildman–Crippen LogP) is 0.927. The Labute approximate surface area is 101 Å². The Bertz CT molecular complexity index is 382. The van der Waals surface area contributed by atoms with E-state index in [9.17, 15) is 4.79 Å². The van der Waals surface area contributed by atoms with Crippen LogP contribution in [0, 0.1) is 5.41 Å². The van der Waals surface area contributed by atoms with Crippen LogP contribution in [-0.2, 0) is 0 Å². The fourth-order valence-corrected chi connectivity index (χ4v) is 1.02. The van der Waals surface area contributed by atoms with Gasteiger partial charge in [0.2, 0.25) is 0 Å². The Hall–Kier alpha value is -1.69. The van der Waals surface area contributed by atoms with Crippen LogP contribution in [0.3, 0.4) is 0 Å². The molecule has 0 aliphatic carbocycles. The number of rotatable bonds is 3. The van der Waals surface area contributed by atoms with E-state index < -0.39 is 0 Å². The number of nitrogen functional groups attached to an aromatic ring is 1. The lowest BCUT2D eigenvalue weighted by atomic mass is 9.88. The van der Waals surface area contributed by atoms with Crippen molar-refractivity contribution >= 4 is 11.7 Å². The zero-order chi connectivity index (χ0) is 13.1. The summed E-state index contributed by atoms with van der Waals surface area (Å²) in [5.74, 6) is 5.35. The molecule has 1 aromatic heterocycles. The summed E-state index contributed by atoms with van der Waals surface area (Å²) < 4.78 is 0.